The normalized spacial score (nSPS) is 11.5. The number of hydrogen-bond donors (Lipinski definition) is 3. The predicted molar refractivity (Wildman–Crippen MR) is 78.0 cm³/mol. The van der Waals surface area contributed by atoms with Gasteiger partial charge in [0.2, 0.25) is 5.91 Å². The molecule has 0 saturated carbocycles. The number of carbonyl (C=O) groups excluding carboxylic acids is 1. The Bertz CT molecular complexity index is 455. The Balaban J connectivity index is 2.55. The van der Waals surface area contributed by atoms with Crippen molar-refractivity contribution < 1.29 is 4.79 Å². The number of benzene rings is 1. The SMILES string of the molecule is CN=C(NCc1cccc(C(N)=O)c1)NCC(C)C. The number of amides is 1. The van der Waals surface area contributed by atoms with Crippen molar-refractivity contribution in [3.05, 3.63) is 35.4 Å². The van der Waals surface area contributed by atoms with Crippen LogP contribution in [0.15, 0.2) is 29.3 Å². The van der Waals surface area contributed by atoms with Gasteiger partial charge in [-0.05, 0) is 23.6 Å². The molecule has 104 valence electrons. The minimum absolute atomic E-state index is 0.413. The average molecular weight is 262 g/mol. The molecule has 0 unspecified atom stereocenters. The minimum atomic E-state index is -0.413. The number of primary amides is 1. The first-order chi connectivity index (χ1) is 9.02. The van der Waals surface area contributed by atoms with E-state index in [9.17, 15) is 4.79 Å². The summed E-state index contributed by atoms with van der Waals surface area (Å²) >= 11 is 0. The summed E-state index contributed by atoms with van der Waals surface area (Å²) in [4.78, 5) is 15.2. The molecule has 4 N–H and O–H groups in total. The van der Waals surface area contributed by atoms with Crippen molar-refractivity contribution in [1.29, 1.82) is 0 Å². The average Bonchev–Trinajstić information content (AvgIpc) is 2.39. The van der Waals surface area contributed by atoms with Crippen molar-refractivity contribution in [1.82, 2.24) is 10.6 Å². The fourth-order valence-corrected chi connectivity index (χ4v) is 1.54. The first-order valence-electron chi connectivity index (χ1n) is 6.36. The highest BCUT2D eigenvalue weighted by atomic mass is 16.1. The van der Waals surface area contributed by atoms with Crippen LogP contribution in [-0.4, -0.2) is 25.5 Å². The van der Waals surface area contributed by atoms with Crippen LogP contribution in [0, 0.1) is 5.92 Å². The van der Waals surface area contributed by atoms with Crippen LogP contribution in [0.3, 0.4) is 0 Å². The van der Waals surface area contributed by atoms with Crippen LogP contribution in [0.2, 0.25) is 0 Å². The molecule has 0 atom stereocenters. The quantitative estimate of drug-likeness (QED) is 0.549. The number of nitrogens with zero attached hydrogens (tertiary/aromatic N) is 1. The van der Waals surface area contributed by atoms with E-state index < -0.39 is 5.91 Å². The number of hydrogen-bond acceptors (Lipinski definition) is 2. The maximum atomic E-state index is 11.1. The first-order valence-corrected chi connectivity index (χ1v) is 6.36. The zero-order valence-electron chi connectivity index (χ0n) is 11.7. The Morgan fingerprint density at radius 1 is 1.37 bits per heavy atom. The molecule has 0 saturated heterocycles. The number of carbonyl (C=O) groups is 1. The monoisotopic (exact) mass is 262 g/mol. The van der Waals surface area contributed by atoms with E-state index in [4.69, 9.17) is 5.73 Å². The molecule has 5 nitrogen and oxygen atoms in total. The van der Waals surface area contributed by atoms with Gasteiger partial charge in [-0.3, -0.25) is 9.79 Å². The molecule has 0 spiro atoms. The number of nitrogens with two attached hydrogens (primary N) is 1. The van der Waals surface area contributed by atoms with Crippen LogP contribution in [-0.2, 0) is 6.54 Å². The fourth-order valence-electron chi connectivity index (χ4n) is 1.54. The maximum Gasteiger partial charge on any atom is 0.248 e. The molecule has 1 amide bonds. The Hall–Kier alpha value is -2.04. The highest BCUT2D eigenvalue weighted by Crippen LogP contribution is 2.04. The van der Waals surface area contributed by atoms with E-state index in [0.29, 0.717) is 18.0 Å². The Morgan fingerprint density at radius 3 is 2.68 bits per heavy atom. The van der Waals surface area contributed by atoms with Gasteiger partial charge in [0.15, 0.2) is 5.96 Å². The van der Waals surface area contributed by atoms with Crippen molar-refractivity contribution in [2.75, 3.05) is 13.6 Å². The van der Waals surface area contributed by atoms with Gasteiger partial charge in [0, 0.05) is 25.7 Å². The lowest BCUT2D eigenvalue weighted by atomic mass is 10.1. The lowest BCUT2D eigenvalue weighted by Gasteiger charge is -2.13. The summed E-state index contributed by atoms with van der Waals surface area (Å²) in [5.74, 6) is 0.888. The summed E-state index contributed by atoms with van der Waals surface area (Å²) in [6, 6.07) is 7.25. The van der Waals surface area contributed by atoms with Gasteiger partial charge in [0.05, 0.1) is 0 Å². The smallest absolute Gasteiger partial charge is 0.248 e. The van der Waals surface area contributed by atoms with E-state index in [2.05, 4.69) is 29.5 Å². The molecular formula is C14H22N4O. The standard InChI is InChI=1S/C14H22N4O/c1-10(2)8-17-14(16-3)18-9-11-5-4-6-12(7-11)13(15)19/h4-7,10H,8-9H2,1-3H3,(H2,15,19)(H2,16,17,18). The lowest BCUT2D eigenvalue weighted by Crippen LogP contribution is -2.38. The van der Waals surface area contributed by atoms with Crippen molar-refractivity contribution >= 4 is 11.9 Å². The van der Waals surface area contributed by atoms with Crippen molar-refractivity contribution in [2.24, 2.45) is 16.6 Å². The largest absolute Gasteiger partial charge is 0.366 e. The zero-order chi connectivity index (χ0) is 14.3. The van der Waals surface area contributed by atoms with Crippen LogP contribution in [0.1, 0.15) is 29.8 Å². The molecular weight excluding hydrogens is 240 g/mol. The summed E-state index contributed by atoms with van der Waals surface area (Å²) in [5.41, 5.74) is 6.76. The molecule has 0 aliphatic carbocycles. The predicted octanol–water partition coefficient (Wildman–Crippen LogP) is 1.11. The molecule has 0 bridgehead atoms. The summed E-state index contributed by atoms with van der Waals surface area (Å²) < 4.78 is 0. The lowest BCUT2D eigenvalue weighted by molar-refractivity contribution is 0.1000. The third-order valence-electron chi connectivity index (χ3n) is 2.57. The number of aliphatic imine (C=N–C) groups is 1. The molecule has 0 aliphatic rings. The van der Waals surface area contributed by atoms with Crippen LogP contribution in [0.4, 0.5) is 0 Å². The molecule has 0 aliphatic heterocycles. The fraction of sp³-hybridized carbons (Fsp3) is 0.429. The van der Waals surface area contributed by atoms with Crippen molar-refractivity contribution in [3.8, 4) is 0 Å². The third-order valence-corrected chi connectivity index (χ3v) is 2.57. The number of nitrogens with one attached hydrogen (secondary N) is 2. The van der Waals surface area contributed by atoms with E-state index in [1.807, 2.05) is 12.1 Å². The molecule has 0 radical (unpaired) electrons. The zero-order valence-corrected chi connectivity index (χ0v) is 11.7. The Labute approximate surface area is 114 Å². The van der Waals surface area contributed by atoms with Gasteiger partial charge < -0.3 is 16.4 Å². The molecule has 0 fully saturated rings. The van der Waals surface area contributed by atoms with Gasteiger partial charge in [-0.1, -0.05) is 26.0 Å². The minimum Gasteiger partial charge on any atom is -0.366 e. The summed E-state index contributed by atoms with van der Waals surface area (Å²) in [5, 5.41) is 6.42. The molecule has 1 aromatic carbocycles. The number of guanidine groups is 1. The first kappa shape index (κ1) is 15.0. The second-order valence-corrected chi connectivity index (χ2v) is 4.77. The summed E-state index contributed by atoms with van der Waals surface area (Å²) in [6.45, 7) is 5.73. The van der Waals surface area contributed by atoms with E-state index in [-0.39, 0.29) is 0 Å². The molecule has 19 heavy (non-hydrogen) atoms. The Kier molecular flexibility index (Phi) is 5.85. The van der Waals surface area contributed by atoms with Gasteiger partial charge in [0.25, 0.3) is 0 Å². The summed E-state index contributed by atoms with van der Waals surface area (Å²) in [6.07, 6.45) is 0. The highest BCUT2D eigenvalue weighted by Gasteiger charge is 2.03. The maximum absolute atomic E-state index is 11.1. The second-order valence-electron chi connectivity index (χ2n) is 4.77. The third kappa shape index (κ3) is 5.42. The van der Waals surface area contributed by atoms with E-state index in [1.165, 1.54) is 0 Å². The molecule has 1 rings (SSSR count). The van der Waals surface area contributed by atoms with Gasteiger partial charge >= 0.3 is 0 Å². The van der Waals surface area contributed by atoms with E-state index >= 15 is 0 Å². The van der Waals surface area contributed by atoms with Crippen LogP contribution in [0.5, 0.6) is 0 Å². The van der Waals surface area contributed by atoms with E-state index in [0.717, 1.165) is 18.1 Å². The van der Waals surface area contributed by atoms with Gasteiger partial charge in [-0.25, -0.2) is 0 Å². The van der Waals surface area contributed by atoms with Gasteiger partial charge in [-0.2, -0.15) is 0 Å². The van der Waals surface area contributed by atoms with Gasteiger partial charge in [0.1, 0.15) is 0 Å². The molecule has 5 heteroatoms. The second kappa shape index (κ2) is 7.41. The topological polar surface area (TPSA) is 79.5 Å². The summed E-state index contributed by atoms with van der Waals surface area (Å²) in [7, 11) is 1.73. The molecule has 0 heterocycles. The molecule has 0 aromatic heterocycles. The van der Waals surface area contributed by atoms with Crippen molar-refractivity contribution in [3.63, 3.8) is 0 Å². The van der Waals surface area contributed by atoms with Crippen LogP contribution >= 0.6 is 0 Å². The Morgan fingerprint density at radius 2 is 2.11 bits per heavy atom. The van der Waals surface area contributed by atoms with Crippen LogP contribution in [0.25, 0.3) is 0 Å². The number of rotatable bonds is 5. The van der Waals surface area contributed by atoms with Gasteiger partial charge in [-0.15, -0.1) is 0 Å². The van der Waals surface area contributed by atoms with Crippen molar-refractivity contribution in [2.45, 2.75) is 20.4 Å². The van der Waals surface area contributed by atoms with Crippen LogP contribution < -0.4 is 16.4 Å². The highest BCUT2D eigenvalue weighted by molar-refractivity contribution is 5.92. The van der Waals surface area contributed by atoms with E-state index in [1.54, 1.807) is 19.2 Å². The molecule has 1 aromatic rings.